The molecule has 0 aliphatic carbocycles. The minimum Gasteiger partial charge on any atom is -0.491 e. The Hall–Kier alpha value is -2.57. The van der Waals surface area contributed by atoms with E-state index in [1.807, 2.05) is 24.3 Å². The summed E-state index contributed by atoms with van der Waals surface area (Å²) in [5.74, 6) is 0.224. The van der Waals surface area contributed by atoms with Gasteiger partial charge in [0, 0.05) is 18.5 Å². The maximum Gasteiger partial charge on any atom is 0.322 e. The lowest BCUT2D eigenvalue weighted by molar-refractivity contribution is -0.134. The molecule has 1 saturated heterocycles. The molecular formula is C15H17N3O4. The van der Waals surface area contributed by atoms with Crippen LogP contribution in [0.1, 0.15) is 18.4 Å². The molecule has 0 bridgehead atoms. The number of hydrogen-bond acceptors (Lipinski definition) is 4. The molecule has 0 spiro atoms. The molecule has 0 radical (unpaired) electrons. The van der Waals surface area contributed by atoms with Crippen molar-refractivity contribution in [2.75, 3.05) is 13.2 Å². The molecule has 22 heavy (non-hydrogen) atoms. The van der Waals surface area contributed by atoms with E-state index in [9.17, 15) is 14.4 Å². The zero-order valence-electron chi connectivity index (χ0n) is 12.0. The van der Waals surface area contributed by atoms with Crippen molar-refractivity contribution in [3.05, 3.63) is 29.8 Å². The van der Waals surface area contributed by atoms with Crippen LogP contribution in [0.25, 0.3) is 0 Å². The fraction of sp³-hybridized carbons (Fsp3) is 0.400. The number of urea groups is 1. The lowest BCUT2D eigenvalue weighted by Crippen LogP contribution is -2.49. The van der Waals surface area contributed by atoms with Gasteiger partial charge in [-0.1, -0.05) is 18.2 Å². The number of rotatable bonds is 1. The van der Waals surface area contributed by atoms with Crippen molar-refractivity contribution >= 4 is 17.8 Å². The minimum atomic E-state index is -0.684. The number of fused-ring (bicyclic) bond motifs is 1. The first-order valence-corrected chi connectivity index (χ1v) is 7.23. The summed E-state index contributed by atoms with van der Waals surface area (Å²) in [7, 11) is 0. The van der Waals surface area contributed by atoms with E-state index in [4.69, 9.17) is 4.74 Å². The second-order valence-corrected chi connectivity index (χ2v) is 5.33. The largest absolute Gasteiger partial charge is 0.491 e. The molecule has 116 valence electrons. The lowest BCUT2D eigenvalue weighted by Gasteiger charge is -2.25. The van der Waals surface area contributed by atoms with E-state index in [1.54, 1.807) is 4.90 Å². The fourth-order valence-corrected chi connectivity index (χ4v) is 2.65. The number of carbonyl (C=O) groups is 3. The summed E-state index contributed by atoms with van der Waals surface area (Å²) in [5, 5.41) is 4.72. The molecule has 3 rings (SSSR count). The molecule has 1 aromatic carbocycles. The number of para-hydroxylation sites is 1. The van der Waals surface area contributed by atoms with E-state index in [-0.39, 0.29) is 18.2 Å². The van der Waals surface area contributed by atoms with Crippen molar-refractivity contribution in [1.82, 2.24) is 15.5 Å². The maximum atomic E-state index is 12.6. The quantitative estimate of drug-likeness (QED) is 0.786. The van der Waals surface area contributed by atoms with Crippen LogP contribution in [0.2, 0.25) is 0 Å². The Labute approximate surface area is 127 Å². The third-order valence-corrected chi connectivity index (χ3v) is 3.78. The van der Waals surface area contributed by atoms with Crippen molar-refractivity contribution in [2.24, 2.45) is 0 Å². The average molecular weight is 303 g/mol. The van der Waals surface area contributed by atoms with Crippen LogP contribution in [0, 0.1) is 0 Å². The van der Waals surface area contributed by atoms with E-state index in [1.165, 1.54) is 0 Å². The molecule has 7 nitrogen and oxygen atoms in total. The topological polar surface area (TPSA) is 87.7 Å². The molecule has 2 aliphatic heterocycles. The van der Waals surface area contributed by atoms with Crippen LogP contribution in [0.4, 0.5) is 4.79 Å². The Morgan fingerprint density at radius 3 is 2.95 bits per heavy atom. The molecule has 0 aromatic heterocycles. The molecule has 7 heteroatoms. The van der Waals surface area contributed by atoms with Gasteiger partial charge in [0.25, 0.3) is 0 Å². The number of hydrogen-bond donors (Lipinski definition) is 2. The van der Waals surface area contributed by atoms with E-state index in [0.717, 1.165) is 11.3 Å². The van der Waals surface area contributed by atoms with Gasteiger partial charge in [0.2, 0.25) is 11.8 Å². The van der Waals surface area contributed by atoms with E-state index >= 15 is 0 Å². The van der Waals surface area contributed by atoms with Crippen molar-refractivity contribution in [2.45, 2.75) is 25.4 Å². The minimum absolute atomic E-state index is 0.149. The van der Waals surface area contributed by atoms with Crippen LogP contribution in [-0.2, 0) is 16.1 Å². The van der Waals surface area contributed by atoms with Gasteiger partial charge in [-0.05, 0) is 12.5 Å². The third-order valence-electron chi connectivity index (χ3n) is 3.78. The Morgan fingerprint density at radius 2 is 2.09 bits per heavy atom. The zero-order chi connectivity index (χ0) is 15.5. The van der Waals surface area contributed by atoms with Crippen molar-refractivity contribution in [1.29, 1.82) is 0 Å². The van der Waals surface area contributed by atoms with Crippen LogP contribution < -0.4 is 15.4 Å². The highest BCUT2D eigenvalue weighted by molar-refractivity contribution is 5.98. The van der Waals surface area contributed by atoms with Gasteiger partial charge in [-0.2, -0.15) is 0 Å². The molecule has 2 heterocycles. The number of imide groups is 1. The molecule has 1 fully saturated rings. The van der Waals surface area contributed by atoms with Crippen LogP contribution in [0.3, 0.4) is 0 Å². The van der Waals surface area contributed by atoms with E-state index in [2.05, 4.69) is 10.6 Å². The van der Waals surface area contributed by atoms with Gasteiger partial charge in [-0.3, -0.25) is 14.9 Å². The Bertz CT molecular complexity index is 617. The van der Waals surface area contributed by atoms with Gasteiger partial charge >= 0.3 is 6.03 Å². The number of nitrogens with zero attached hydrogens (tertiary/aromatic N) is 1. The summed E-state index contributed by atoms with van der Waals surface area (Å²) in [6, 6.07) is 6.27. The van der Waals surface area contributed by atoms with Crippen molar-refractivity contribution < 1.29 is 19.1 Å². The van der Waals surface area contributed by atoms with Crippen LogP contribution >= 0.6 is 0 Å². The highest BCUT2D eigenvalue weighted by Crippen LogP contribution is 2.23. The normalized spacial score (nSPS) is 21.6. The molecule has 1 atom stereocenters. The van der Waals surface area contributed by atoms with Crippen molar-refractivity contribution in [3.8, 4) is 5.75 Å². The smallest absolute Gasteiger partial charge is 0.322 e. The first-order valence-electron chi connectivity index (χ1n) is 7.23. The van der Waals surface area contributed by atoms with Crippen LogP contribution in [-0.4, -0.2) is 41.9 Å². The van der Waals surface area contributed by atoms with Gasteiger partial charge < -0.3 is 15.0 Å². The number of ether oxygens (including phenoxy) is 1. The SMILES string of the molecule is O=C1CC[C@H](C(=O)N2CCOc3ccccc3C2)NC(=O)N1. The summed E-state index contributed by atoms with van der Waals surface area (Å²) in [6.45, 7) is 1.28. The molecule has 4 amide bonds. The number of nitrogens with one attached hydrogen (secondary N) is 2. The maximum absolute atomic E-state index is 12.6. The summed E-state index contributed by atoms with van der Waals surface area (Å²) in [4.78, 5) is 37.2. The summed E-state index contributed by atoms with van der Waals surface area (Å²) >= 11 is 0. The monoisotopic (exact) mass is 303 g/mol. The van der Waals surface area contributed by atoms with E-state index in [0.29, 0.717) is 26.1 Å². The lowest BCUT2D eigenvalue weighted by atomic mass is 10.1. The molecule has 0 unspecified atom stereocenters. The molecule has 2 aliphatic rings. The summed E-state index contributed by atoms with van der Waals surface area (Å²) in [6.07, 6.45) is 0.450. The molecule has 0 saturated carbocycles. The van der Waals surface area contributed by atoms with Crippen LogP contribution in [0.5, 0.6) is 5.75 Å². The second kappa shape index (κ2) is 6.05. The molecule has 1 aromatic rings. The van der Waals surface area contributed by atoms with Gasteiger partial charge in [0.05, 0.1) is 6.54 Å². The van der Waals surface area contributed by atoms with Gasteiger partial charge in [0.1, 0.15) is 18.4 Å². The molecular weight excluding hydrogens is 286 g/mol. The molecule has 2 N–H and O–H groups in total. The number of carbonyl (C=O) groups excluding carboxylic acids is 3. The number of benzene rings is 1. The predicted octanol–water partition coefficient (Wildman–Crippen LogP) is 0.396. The predicted molar refractivity (Wildman–Crippen MR) is 77.1 cm³/mol. The first kappa shape index (κ1) is 14.4. The highest BCUT2D eigenvalue weighted by atomic mass is 16.5. The Balaban J connectivity index is 1.74. The standard InChI is InChI=1S/C15H17N3O4/c19-13-6-5-11(16-15(21)17-13)14(20)18-7-8-22-12-4-2-1-3-10(12)9-18/h1-4,11H,5-9H2,(H2,16,17,19,21)/t11-/m1/s1. The fourth-order valence-electron chi connectivity index (χ4n) is 2.65. The number of amides is 4. The van der Waals surface area contributed by atoms with Crippen LogP contribution in [0.15, 0.2) is 24.3 Å². The van der Waals surface area contributed by atoms with Crippen molar-refractivity contribution in [3.63, 3.8) is 0 Å². The highest BCUT2D eigenvalue weighted by Gasteiger charge is 2.30. The van der Waals surface area contributed by atoms with E-state index < -0.39 is 12.1 Å². The van der Waals surface area contributed by atoms with Gasteiger partial charge in [-0.25, -0.2) is 4.79 Å². The first-order chi connectivity index (χ1) is 10.6. The van der Waals surface area contributed by atoms with Gasteiger partial charge in [-0.15, -0.1) is 0 Å². The Morgan fingerprint density at radius 1 is 1.27 bits per heavy atom. The second-order valence-electron chi connectivity index (χ2n) is 5.33. The summed E-state index contributed by atoms with van der Waals surface area (Å²) < 4.78 is 5.63. The Kier molecular flexibility index (Phi) is 3.95. The average Bonchev–Trinajstić information content (AvgIpc) is 2.81. The van der Waals surface area contributed by atoms with Gasteiger partial charge in [0.15, 0.2) is 0 Å². The summed E-state index contributed by atoms with van der Waals surface area (Å²) in [5.41, 5.74) is 0.933. The zero-order valence-corrected chi connectivity index (χ0v) is 12.0. The third kappa shape index (κ3) is 3.03.